The van der Waals surface area contributed by atoms with E-state index in [0.717, 1.165) is 16.9 Å². The van der Waals surface area contributed by atoms with Crippen molar-refractivity contribution in [2.45, 2.75) is 17.9 Å². The number of hydrogen-bond acceptors (Lipinski definition) is 3. The van der Waals surface area contributed by atoms with Crippen LogP contribution in [0.3, 0.4) is 0 Å². The summed E-state index contributed by atoms with van der Waals surface area (Å²) >= 11 is 7.86. The Bertz CT molecular complexity index is 768. The summed E-state index contributed by atoms with van der Waals surface area (Å²) in [4.78, 5) is 1.22. The molecule has 0 bridgehead atoms. The van der Waals surface area contributed by atoms with Crippen LogP contribution in [0.15, 0.2) is 57.8 Å². The molecule has 3 aromatic rings. The molecule has 3 rings (SSSR count). The molecule has 0 radical (unpaired) electrons. The van der Waals surface area contributed by atoms with Crippen molar-refractivity contribution in [3.05, 3.63) is 64.9 Å². The Kier molecular flexibility index (Phi) is 4.24. The van der Waals surface area contributed by atoms with Gasteiger partial charge in [0.1, 0.15) is 5.76 Å². The number of para-hydroxylation sites is 1. The van der Waals surface area contributed by atoms with Crippen molar-refractivity contribution < 1.29 is 4.42 Å². The molecule has 0 saturated carbocycles. The van der Waals surface area contributed by atoms with Crippen molar-refractivity contribution in [2.24, 2.45) is 5.73 Å². The van der Waals surface area contributed by atoms with Crippen LogP contribution in [0.1, 0.15) is 17.4 Å². The van der Waals surface area contributed by atoms with Gasteiger partial charge < -0.3 is 10.2 Å². The van der Waals surface area contributed by atoms with Crippen LogP contribution >= 0.6 is 23.4 Å². The zero-order valence-corrected chi connectivity index (χ0v) is 13.2. The van der Waals surface area contributed by atoms with Gasteiger partial charge in [-0.2, -0.15) is 0 Å². The molecule has 0 saturated heterocycles. The van der Waals surface area contributed by atoms with E-state index in [1.807, 2.05) is 24.3 Å². The zero-order chi connectivity index (χ0) is 14.8. The number of aryl methyl sites for hydroxylation is 1. The number of hydrogen-bond donors (Lipinski definition) is 1. The number of rotatable bonds is 4. The number of halogens is 1. The van der Waals surface area contributed by atoms with Gasteiger partial charge in [0.05, 0.1) is 11.1 Å². The SMILES string of the molecule is Cc1cccc(SCC(N)c2cc3cccc(Cl)c3o2)c1. The summed E-state index contributed by atoms with van der Waals surface area (Å²) in [6, 6.07) is 15.9. The smallest absolute Gasteiger partial charge is 0.152 e. The second-order valence-corrected chi connectivity index (χ2v) is 6.54. The Morgan fingerprint density at radius 1 is 1.19 bits per heavy atom. The minimum absolute atomic E-state index is 0.154. The minimum atomic E-state index is -0.154. The van der Waals surface area contributed by atoms with Gasteiger partial charge in [0, 0.05) is 16.0 Å². The van der Waals surface area contributed by atoms with Crippen LogP contribution in [-0.4, -0.2) is 5.75 Å². The summed E-state index contributed by atoms with van der Waals surface area (Å²) in [6.07, 6.45) is 0. The van der Waals surface area contributed by atoms with Gasteiger partial charge in [-0.05, 0) is 31.2 Å². The average molecular weight is 318 g/mol. The van der Waals surface area contributed by atoms with E-state index in [0.29, 0.717) is 10.6 Å². The van der Waals surface area contributed by atoms with Crippen LogP contribution in [0.25, 0.3) is 11.0 Å². The van der Waals surface area contributed by atoms with Crippen molar-refractivity contribution in [1.29, 1.82) is 0 Å². The van der Waals surface area contributed by atoms with Crippen molar-refractivity contribution in [3.8, 4) is 0 Å². The highest BCUT2D eigenvalue weighted by atomic mass is 35.5. The van der Waals surface area contributed by atoms with E-state index >= 15 is 0 Å². The lowest BCUT2D eigenvalue weighted by Crippen LogP contribution is -2.11. The molecule has 0 amide bonds. The largest absolute Gasteiger partial charge is 0.458 e. The summed E-state index contributed by atoms with van der Waals surface area (Å²) in [7, 11) is 0. The van der Waals surface area contributed by atoms with E-state index in [1.54, 1.807) is 11.8 Å². The molecular formula is C17H16ClNOS. The maximum absolute atomic E-state index is 6.24. The third-order valence-electron chi connectivity index (χ3n) is 3.30. The zero-order valence-electron chi connectivity index (χ0n) is 11.7. The molecule has 1 aromatic heterocycles. The average Bonchev–Trinajstić information content (AvgIpc) is 2.90. The lowest BCUT2D eigenvalue weighted by atomic mass is 10.2. The molecule has 2 nitrogen and oxygen atoms in total. The van der Waals surface area contributed by atoms with Crippen LogP contribution in [0.5, 0.6) is 0 Å². The first-order chi connectivity index (χ1) is 10.1. The maximum atomic E-state index is 6.24. The fraction of sp³-hybridized carbons (Fsp3) is 0.176. The van der Waals surface area contributed by atoms with Crippen LogP contribution in [0.4, 0.5) is 0 Å². The Balaban J connectivity index is 1.75. The minimum Gasteiger partial charge on any atom is -0.458 e. The highest BCUT2D eigenvalue weighted by Gasteiger charge is 2.14. The predicted molar refractivity (Wildman–Crippen MR) is 90.1 cm³/mol. The summed E-state index contributed by atoms with van der Waals surface area (Å²) in [5, 5.41) is 1.62. The van der Waals surface area contributed by atoms with Crippen LogP contribution in [0.2, 0.25) is 5.02 Å². The molecule has 0 aliphatic heterocycles. The number of furan rings is 1. The second kappa shape index (κ2) is 6.14. The Hall–Kier alpha value is -1.42. The normalized spacial score (nSPS) is 12.7. The summed E-state index contributed by atoms with van der Waals surface area (Å²) in [6.45, 7) is 2.09. The molecule has 2 aromatic carbocycles. The molecule has 2 N–H and O–H groups in total. The topological polar surface area (TPSA) is 39.2 Å². The van der Waals surface area contributed by atoms with Gasteiger partial charge in [-0.15, -0.1) is 11.8 Å². The van der Waals surface area contributed by atoms with Gasteiger partial charge in [-0.3, -0.25) is 0 Å². The van der Waals surface area contributed by atoms with Crippen molar-refractivity contribution in [3.63, 3.8) is 0 Å². The van der Waals surface area contributed by atoms with Crippen LogP contribution < -0.4 is 5.73 Å². The molecule has 0 fully saturated rings. The first-order valence-corrected chi connectivity index (χ1v) is 8.13. The number of nitrogens with two attached hydrogens (primary N) is 1. The van der Waals surface area contributed by atoms with Crippen LogP contribution in [0, 0.1) is 6.92 Å². The molecule has 1 atom stereocenters. The standard InChI is InChI=1S/C17H16ClNOS/c1-11-4-2-6-13(8-11)21-10-15(19)16-9-12-5-3-7-14(18)17(12)20-16/h2-9,15H,10,19H2,1H3. The Labute approximate surface area is 133 Å². The lowest BCUT2D eigenvalue weighted by Gasteiger charge is -2.08. The lowest BCUT2D eigenvalue weighted by molar-refractivity contribution is 0.516. The van der Waals surface area contributed by atoms with E-state index in [9.17, 15) is 0 Å². The molecule has 1 heterocycles. The molecule has 4 heteroatoms. The summed E-state index contributed by atoms with van der Waals surface area (Å²) < 4.78 is 5.80. The fourth-order valence-electron chi connectivity index (χ4n) is 2.20. The van der Waals surface area contributed by atoms with E-state index in [-0.39, 0.29) is 6.04 Å². The first kappa shape index (κ1) is 14.5. The molecule has 1 unspecified atom stereocenters. The molecule has 0 aliphatic carbocycles. The van der Waals surface area contributed by atoms with Gasteiger partial charge in [0.25, 0.3) is 0 Å². The van der Waals surface area contributed by atoms with Gasteiger partial charge in [0.15, 0.2) is 5.58 Å². The number of fused-ring (bicyclic) bond motifs is 1. The van der Waals surface area contributed by atoms with Crippen molar-refractivity contribution in [2.75, 3.05) is 5.75 Å². The second-order valence-electron chi connectivity index (χ2n) is 5.04. The first-order valence-electron chi connectivity index (χ1n) is 6.76. The third kappa shape index (κ3) is 3.26. The highest BCUT2D eigenvalue weighted by Crippen LogP contribution is 2.31. The fourth-order valence-corrected chi connectivity index (χ4v) is 3.40. The van der Waals surface area contributed by atoms with E-state index < -0.39 is 0 Å². The van der Waals surface area contributed by atoms with E-state index in [2.05, 4.69) is 31.2 Å². The third-order valence-corrected chi connectivity index (χ3v) is 4.71. The Morgan fingerprint density at radius 2 is 2.00 bits per heavy atom. The maximum Gasteiger partial charge on any atom is 0.152 e. The van der Waals surface area contributed by atoms with Crippen LogP contribution in [-0.2, 0) is 0 Å². The molecular weight excluding hydrogens is 302 g/mol. The van der Waals surface area contributed by atoms with E-state index in [1.165, 1.54) is 10.5 Å². The molecule has 21 heavy (non-hydrogen) atoms. The molecule has 108 valence electrons. The number of thioether (sulfide) groups is 1. The van der Waals surface area contributed by atoms with Gasteiger partial charge in [-0.1, -0.05) is 41.4 Å². The number of benzene rings is 2. The van der Waals surface area contributed by atoms with Gasteiger partial charge >= 0.3 is 0 Å². The molecule has 0 spiro atoms. The predicted octanol–water partition coefficient (Wildman–Crippen LogP) is 5.19. The monoisotopic (exact) mass is 317 g/mol. The van der Waals surface area contributed by atoms with Gasteiger partial charge in [-0.25, -0.2) is 0 Å². The highest BCUT2D eigenvalue weighted by molar-refractivity contribution is 7.99. The molecule has 0 aliphatic rings. The van der Waals surface area contributed by atoms with Crippen molar-refractivity contribution in [1.82, 2.24) is 0 Å². The van der Waals surface area contributed by atoms with Gasteiger partial charge in [0.2, 0.25) is 0 Å². The summed E-state index contributed by atoms with van der Waals surface area (Å²) in [5.41, 5.74) is 8.20. The Morgan fingerprint density at radius 3 is 2.76 bits per heavy atom. The summed E-state index contributed by atoms with van der Waals surface area (Å²) in [5.74, 6) is 1.54. The van der Waals surface area contributed by atoms with E-state index in [4.69, 9.17) is 21.8 Å². The van der Waals surface area contributed by atoms with Crippen molar-refractivity contribution >= 4 is 34.3 Å². The quantitative estimate of drug-likeness (QED) is 0.673.